The van der Waals surface area contributed by atoms with Gasteiger partial charge < -0.3 is 29.3 Å². The van der Waals surface area contributed by atoms with Crippen molar-refractivity contribution in [2.75, 3.05) is 81.5 Å². The van der Waals surface area contributed by atoms with Crippen LogP contribution in [0.5, 0.6) is 17.2 Å². The Hall–Kier alpha value is -6.89. The lowest BCUT2D eigenvalue weighted by molar-refractivity contribution is -0.134. The first-order valence-electron chi connectivity index (χ1n) is 21.5. The van der Waals surface area contributed by atoms with Gasteiger partial charge >= 0.3 is 0 Å². The number of benzene rings is 3. The molecule has 0 aliphatic carbocycles. The zero-order valence-electron chi connectivity index (χ0n) is 36.6. The van der Waals surface area contributed by atoms with Crippen LogP contribution in [0.15, 0.2) is 66.0 Å². The van der Waals surface area contributed by atoms with Gasteiger partial charge in [-0.3, -0.25) is 34.0 Å². The molecule has 0 spiro atoms. The Morgan fingerprint density at radius 1 is 0.970 bits per heavy atom. The summed E-state index contributed by atoms with van der Waals surface area (Å²) < 4.78 is 48.2. The lowest BCUT2D eigenvalue weighted by Crippen LogP contribution is -2.52. The number of piperidine rings is 2. The van der Waals surface area contributed by atoms with Crippen LogP contribution in [0.3, 0.4) is 0 Å². The van der Waals surface area contributed by atoms with E-state index in [1.54, 1.807) is 18.2 Å². The van der Waals surface area contributed by atoms with Gasteiger partial charge in [-0.05, 0) is 87.3 Å². The highest BCUT2D eigenvalue weighted by molar-refractivity contribution is 7.98. The molecule has 3 aromatic carbocycles. The second-order valence-electron chi connectivity index (χ2n) is 16.1. The fourth-order valence-electron chi connectivity index (χ4n) is 8.15. The minimum absolute atomic E-state index is 0.00790. The van der Waals surface area contributed by atoms with Crippen LogP contribution in [0.25, 0.3) is 16.6 Å². The number of nitrogens with zero attached hydrogens (tertiary/aromatic N) is 9. The Balaban J connectivity index is 0.843. The van der Waals surface area contributed by atoms with E-state index in [9.17, 15) is 24.4 Å². The maximum Gasteiger partial charge on any atom is 0.266 e. The minimum Gasteiger partial charge on any atom is -0.495 e. The number of imide groups is 1. The first-order valence-corrected chi connectivity index (χ1v) is 22.3. The molecule has 66 heavy (non-hydrogen) atoms. The highest BCUT2D eigenvalue weighted by Gasteiger charge is 2.31. The van der Waals surface area contributed by atoms with Crippen LogP contribution in [-0.2, 0) is 14.4 Å². The molecule has 0 radical (unpaired) electrons. The largest absolute Gasteiger partial charge is 0.495 e. The predicted octanol–water partition coefficient (Wildman–Crippen LogP) is 4.80. The van der Waals surface area contributed by atoms with Crippen molar-refractivity contribution in [1.82, 2.24) is 38.9 Å². The Labute approximate surface area is 383 Å². The van der Waals surface area contributed by atoms with Gasteiger partial charge in [0.15, 0.2) is 11.6 Å². The Bertz CT molecular complexity index is 2740. The number of piperazine rings is 1. The molecule has 3 aliphatic heterocycles. The first kappa shape index (κ1) is 45.7. The van der Waals surface area contributed by atoms with Crippen LogP contribution >= 0.6 is 12.1 Å². The summed E-state index contributed by atoms with van der Waals surface area (Å²) in [6.07, 6.45) is 6.22. The number of carbonyl (C=O) groups excluding carboxylic acids is 3. The third-order valence-electron chi connectivity index (χ3n) is 12.0. The van der Waals surface area contributed by atoms with Gasteiger partial charge in [-0.2, -0.15) is 5.26 Å². The van der Waals surface area contributed by atoms with E-state index in [0.29, 0.717) is 98.4 Å². The fourth-order valence-corrected chi connectivity index (χ4v) is 8.70. The van der Waals surface area contributed by atoms with Gasteiger partial charge in [0.05, 0.1) is 54.0 Å². The monoisotopic (exact) mass is 922 g/mol. The number of halogens is 2. The van der Waals surface area contributed by atoms with E-state index in [1.807, 2.05) is 34.1 Å². The number of carbonyl (C=O) groups is 3. The average Bonchev–Trinajstić information content (AvgIpc) is 3.33. The number of hydrogen-bond donors (Lipinski definition) is 3. The van der Waals surface area contributed by atoms with E-state index < -0.39 is 29.1 Å². The van der Waals surface area contributed by atoms with Crippen LogP contribution in [0, 0.1) is 23.0 Å². The number of nitrogens with one attached hydrogen (secondary N) is 3. The SMILES string of the molecule is CCN(C)SNc1ccc(F)c(Oc2ccc3ncn(-c4cnc(N5CCN(C(=O)CN6CCC(c7cc(OC)c(NC8CCC(=O)NC8=O)cc7F)CC6)CC5)nc4)c(=O)c3c2)c1C#N. The molecule has 2 aromatic heterocycles. The molecule has 3 saturated heterocycles. The molecular formula is C45H48F2N12O6S. The molecule has 18 nitrogen and oxygen atoms in total. The summed E-state index contributed by atoms with van der Waals surface area (Å²) >= 11 is 1.25. The van der Waals surface area contributed by atoms with E-state index in [2.05, 4.69) is 35.2 Å². The van der Waals surface area contributed by atoms with Crippen molar-refractivity contribution >= 4 is 58.1 Å². The minimum atomic E-state index is -0.737. The number of rotatable bonds is 14. The zero-order chi connectivity index (χ0) is 46.5. The van der Waals surface area contributed by atoms with Crippen LogP contribution in [-0.4, -0.2) is 124 Å². The first-order chi connectivity index (χ1) is 31.9. The van der Waals surface area contributed by atoms with Crippen LogP contribution < -0.4 is 35.3 Å². The lowest BCUT2D eigenvalue weighted by Gasteiger charge is -2.37. The molecular weight excluding hydrogens is 875 g/mol. The maximum absolute atomic E-state index is 15.5. The third-order valence-corrected chi connectivity index (χ3v) is 12.9. The number of amides is 3. The highest BCUT2D eigenvalue weighted by atomic mass is 32.2. The quantitative estimate of drug-likeness (QED) is 0.101. The summed E-state index contributed by atoms with van der Waals surface area (Å²) in [5.74, 6) is -1.28. The van der Waals surface area contributed by atoms with Crippen molar-refractivity contribution in [3.63, 3.8) is 0 Å². The number of likely N-dealkylation sites (tertiary alicyclic amines) is 1. The average molecular weight is 923 g/mol. The molecule has 21 heteroatoms. The molecule has 0 bridgehead atoms. The van der Waals surface area contributed by atoms with Crippen LogP contribution in [0.2, 0.25) is 0 Å². The summed E-state index contributed by atoms with van der Waals surface area (Å²) in [5.41, 5.74) is 1.53. The van der Waals surface area contributed by atoms with Gasteiger partial charge in [0.1, 0.15) is 41.3 Å². The summed E-state index contributed by atoms with van der Waals surface area (Å²) in [6.45, 7) is 6.13. The van der Waals surface area contributed by atoms with Crippen molar-refractivity contribution in [3.05, 3.63) is 94.3 Å². The molecule has 8 rings (SSSR count). The Kier molecular flexibility index (Phi) is 13.9. The molecule has 5 aromatic rings. The molecule has 1 atom stereocenters. The number of aromatic nitrogens is 4. The number of nitriles is 1. The molecule has 3 fully saturated rings. The summed E-state index contributed by atoms with van der Waals surface area (Å²) in [5, 5.41) is 15.4. The van der Waals surface area contributed by atoms with E-state index in [4.69, 9.17) is 9.47 Å². The summed E-state index contributed by atoms with van der Waals surface area (Å²) in [7, 11) is 3.35. The molecule has 1 unspecified atom stereocenters. The van der Waals surface area contributed by atoms with Gasteiger partial charge in [0.25, 0.3) is 5.56 Å². The maximum atomic E-state index is 15.5. The molecule has 3 amide bonds. The standard InChI is InChI=1S/C45H48F2N12O6S/c1-4-55(2)66-54-36-8-6-33(46)42(32(36)22-48)65-29-5-7-35-31(19-29)44(63)59(26-51-35)28-23-49-45(50-24-28)58-17-15-57(16-18-58)41(61)25-56-13-11-27(12-14-56)30-20-39(64-3)38(21-34(30)47)52-37-9-10-40(60)53-43(37)62/h5-8,19-21,23-24,26-27,37,52,54H,4,9-18,25H2,1-3H3,(H,53,60,62). The van der Waals surface area contributed by atoms with Crippen LogP contribution in [0.4, 0.5) is 26.1 Å². The van der Waals surface area contributed by atoms with Crippen molar-refractivity contribution in [2.24, 2.45) is 0 Å². The van der Waals surface area contributed by atoms with Gasteiger partial charge in [-0.25, -0.2) is 28.0 Å². The smallest absolute Gasteiger partial charge is 0.266 e. The summed E-state index contributed by atoms with van der Waals surface area (Å²) in [6, 6.07) is 11.6. The van der Waals surface area contributed by atoms with E-state index in [-0.39, 0.29) is 53.1 Å². The van der Waals surface area contributed by atoms with Gasteiger partial charge in [-0.15, -0.1) is 0 Å². The second-order valence-corrected chi connectivity index (χ2v) is 17.1. The van der Waals surface area contributed by atoms with Crippen LogP contribution in [0.1, 0.15) is 49.7 Å². The highest BCUT2D eigenvalue weighted by Crippen LogP contribution is 2.38. The number of hydrogen-bond acceptors (Lipinski definition) is 16. The summed E-state index contributed by atoms with van der Waals surface area (Å²) in [4.78, 5) is 70.4. The van der Waals surface area contributed by atoms with E-state index >= 15 is 8.78 Å². The predicted molar refractivity (Wildman–Crippen MR) is 244 cm³/mol. The number of fused-ring (bicyclic) bond motifs is 1. The topological polar surface area (TPSA) is 203 Å². The van der Waals surface area contributed by atoms with Crippen molar-refractivity contribution in [1.29, 1.82) is 5.26 Å². The van der Waals surface area contributed by atoms with E-state index in [1.165, 1.54) is 66.8 Å². The van der Waals surface area contributed by atoms with Gasteiger partial charge in [0.2, 0.25) is 23.7 Å². The molecule has 344 valence electrons. The normalized spacial score (nSPS) is 17.1. The van der Waals surface area contributed by atoms with Gasteiger partial charge in [-0.1, -0.05) is 6.92 Å². The Morgan fingerprint density at radius 2 is 1.73 bits per heavy atom. The number of anilines is 3. The fraction of sp³-hybridized carbons (Fsp3) is 0.378. The Morgan fingerprint density at radius 3 is 2.42 bits per heavy atom. The van der Waals surface area contributed by atoms with Crippen molar-refractivity contribution in [2.45, 2.75) is 44.6 Å². The molecule has 3 N–H and O–H groups in total. The second kappa shape index (κ2) is 20.1. The molecule has 3 aliphatic rings. The molecule has 5 heterocycles. The third kappa shape index (κ3) is 10.00. The lowest BCUT2D eigenvalue weighted by atomic mass is 9.88. The van der Waals surface area contributed by atoms with Crippen molar-refractivity contribution < 1.29 is 32.6 Å². The molecule has 0 saturated carbocycles. The zero-order valence-corrected chi connectivity index (χ0v) is 37.4. The van der Waals surface area contributed by atoms with Crippen molar-refractivity contribution in [3.8, 4) is 29.0 Å². The number of methoxy groups -OCH3 is 1. The van der Waals surface area contributed by atoms with Gasteiger partial charge in [0, 0.05) is 57.3 Å². The van der Waals surface area contributed by atoms with E-state index in [0.717, 1.165) is 6.54 Å². The number of ether oxygens (including phenoxy) is 2.